The van der Waals surface area contributed by atoms with Crippen LogP contribution in [0.3, 0.4) is 0 Å². The highest BCUT2D eigenvalue weighted by Gasteiger charge is 2.12. The van der Waals surface area contributed by atoms with E-state index in [1.54, 1.807) is 37.4 Å². The predicted molar refractivity (Wildman–Crippen MR) is 119 cm³/mol. The minimum atomic E-state index is -0.880. The second-order valence-corrected chi connectivity index (χ2v) is 6.41. The Bertz CT molecular complexity index is 933. The monoisotopic (exact) mass is 442 g/mol. The lowest BCUT2D eigenvalue weighted by atomic mass is 10.2. The van der Waals surface area contributed by atoms with E-state index in [0.29, 0.717) is 42.3 Å². The lowest BCUT2D eigenvalue weighted by Gasteiger charge is -2.11. The van der Waals surface area contributed by atoms with Crippen LogP contribution in [0, 0.1) is 0 Å². The average Bonchev–Trinajstić information content (AvgIpc) is 2.81. The summed E-state index contributed by atoms with van der Waals surface area (Å²) in [7, 11) is 3.02. The predicted octanol–water partition coefficient (Wildman–Crippen LogP) is 1.32. The number of hydrogen-bond acceptors (Lipinski definition) is 7. The van der Waals surface area contributed by atoms with Crippen LogP contribution in [-0.2, 0) is 19.1 Å². The van der Waals surface area contributed by atoms with Crippen molar-refractivity contribution in [2.75, 3.05) is 39.3 Å². The Hall–Kier alpha value is -3.92. The normalized spacial score (nSPS) is 10.4. The molecule has 0 fully saturated rings. The Morgan fingerprint density at radius 2 is 1.78 bits per heavy atom. The standard InChI is InChI=1S/C22H26N4O6/c1-30-12-6-11-23-21(28)22(29)26-24-14-16-9-10-18(19(13-16)31-2)32-15-20(27)25-17-7-4-3-5-8-17/h3-5,7-10,13-14H,6,11-12,15H2,1-2H3,(H,23,28)(H,25,27)(H,26,29)/b24-14-. The number of amides is 3. The topological polar surface area (TPSA) is 127 Å². The zero-order chi connectivity index (χ0) is 23.2. The summed E-state index contributed by atoms with van der Waals surface area (Å²) in [5.41, 5.74) is 3.41. The number of methoxy groups -OCH3 is 2. The second kappa shape index (κ2) is 13.4. The molecule has 0 aliphatic carbocycles. The molecular formula is C22H26N4O6. The fourth-order valence-electron chi connectivity index (χ4n) is 2.46. The summed E-state index contributed by atoms with van der Waals surface area (Å²) in [4.78, 5) is 35.4. The SMILES string of the molecule is COCCCNC(=O)C(=O)N/N=C\c1ccc(OCC(=O)Nc2ccccc2)c(OC)c1. The maximum absolute atomic E-state index is 12.0. The van der Waals surface area contributed by atoms with Gasteiger partial charge in [0.1, 0.15) is 0 Å². The fraction of sp³-hybridized carbons (Fsp3) is 0.273. The summed E-state index contributed by atoms with van der Waals surface area (Å²) in [6.45, 7) is 0.610. The number of carbonyl (C=O) groups excluding carboxylic acids is 3. The summed E-state index contributed by atoms with van der Waals surface area (Å²) in [6, 6.07) is 13.9. The van der Waals surface area contributed by atoms with Gasteiger partial charge in [0.25, 0.3) is 5.91 Å². The number of benzene rings is 2. The first-order chi connectivity index (χ1) is 15.5. The molecule has 2 aromatic carbocycles. The van der Waals surface area contributed by atoms with Crippen molar-refractivity contribution >= 4 is 29.6 Å². The second-order valence-electron chi connectivity index (χ2n) is 6.41. The number of nitrogens with one attached hydrogen (secondary N) is 3. The van der Waals surface area contributed by atoms with Crippen molar-refractivity contribution in [1.29, 1.82) is 0 Å². The van der Waals surface area contributed by atoms with Gasteiger partial charge in [0.05, 0.1) is 13.3 Å². The molecule has 0 heterocycles. The number of ether oxygens (including phenoxy) is 3. The van der Waals surface area contributed by atoms with Crippen molar-refractivity contribution < 1.29 is 28.6 Å². The molecule has 0 atom stereocenters. The van der Waals surface area contributed by atoms with Crippen LogP contribution in [0.2, 0.25) is 0 Å². The van der Waals surface area contributed by atoms with Crippen molar-refractivity contribution in [2.24, 2.45) is 5.10 Å². The third-order valence-corrected chi connectivity index (χ3v) is 4.00. The Balaban J connectivity index is 1.84. The molecule has 170 valence electrons. The number of nitrogens with zero attached hydrogens (tertiary/aromatic N) is 1. The fourth-order valence-corrected chi connectivity index (χ4v) is 2.46. The number of para-hydroxylation sites is 1. The van der Waals surface area contributed by atoms with E-state index >= 15 is 0 Å². The van der Waals surface area contributed by atoms with Crippen LogP contribution in [-0.4, -0.2) is 57.9 Å². The van der Waals surface area contributed by atoms with Gasteiger partial charge < -0.3 is 24.8 Å². The summed E-state index contributed by atoms with van der Waals surface area (Å²) >= 11 is 0. The first-order valence-electron chi connectivity index (χ1n) is 9.79. The Morgan fingerprint density at radius 3 is 2.50 bits per heavy atom. The van der Waals surface area contributed by atoms with Gasteiger partial charge in [-0.15, -0.1) is 0 Å². The van der Waals surface area contributed by atoms with Crippen molar-refractivity contribution in [1.82, 2.24) is 10.7 Å². The summed E-state index contributed by atoms with van der Waals surface area (Å²) in [5, 5.41) is 8.94. The van der Waals surface area contributed by atoms with Crippen LogP contribution in [0.5, 0.6) is 11.5 Å². The highest BCUT2D eigenvalue weighted by atomic mass is 16.5. The Morgan fingerprint density at radius 1 is 1.00 bits per heavy atom. The van der Waals surface area contributed by atoms with E-state index in [9.17, 15) is 14.4 Å². The Kier molecular flexibility index (Phi) is 10.2. The molecule has 0 unspecified atom stereocenters. The van der Waals surface area contributed by atoms with Gasteiger partial charge in [0.15, 0.2) is 18.1 Å². The molecule has 10 heteroatoms. The van der Waals surface area contributed by atoms with Crippen LogP contribution < -0.4 is 25.5 Å². The molecule has 3 N–H and O–H groups in total. The molecule has 0 spiro atoms. The van der Waals surface area contributed by atoms with Crippen LogP contribution >= 0.6 is 0 Å². The van der Waals surface area contributed by atoms with Gasteiger partial charge in [0, 0.05) is 25.9 Å². The molecule has 0 saturated heterocycles. The lowest BCUT2D eigenvalue weighted by molar-refractivity contribution is -0.139. The lowest BCUT2D eigenvalue weighted by Crippen LogP contribution is -2.38. The largest absolute Gasteiger partial charge is 0.493 e. The van der Waals surface area contributed by atoms with Gasteiger partial charge in [0.2, 0.25) is 0 Å². The van der Waals surface area contributed by atoms with E-state index in [0.717, 1.165) is 0 Å². The minimum absolute atomic E-state index is 0.200. The molecule has 3 amide bonds. The van der Waals surface area contributed by atoms with E-state index in [-0.39, 0.29) is 12.5 Å². The summed E-state index contributed by atoms with van der Waals surface area (Å²) in [6.07, 6.45) is 1.95. The summed E-state index contributed by atoms with van der Waals surface area (Å²) in [5.74, 6) is -1.23. The molecule has 10 nitrogen and oxygen atoms in total. The van der Waals surface area contributed by atoms with E-state index in [2.05, 4.69) is 21.2 Å². The minimum Gasteiger partial charge on any atom is -0.493 e. The molecule has 2 aromatic rings. The zero-order valence-corrected chi connectivity index (χ0v) is 17.9. The molecule has 0 bridgehead atoms. The highest BCUT2D eigenvalue weighted by molar-refractivity contribution is 6.35. The number of anilines is 1. The first kappa shape index (κ1) is 24.4. The van der Waals surface area contributed by atoms with E-state index in [1.165, 1.54) is 13.3 Å². The Labute approximate surface area is 185 Å². The van der Waals surface area contributed by atoms with Crippen LogP contribution in [0.15, 0.2) is 53.6 Å². The molecule has 2 rings (SSSR count). The van der Waals surface area contributed by atoms with Gasteiger partial charge in [-0.2, -0.15) is 5.10 Å². The third kappa shape index (κ3) is 8.44. The van der Waals surface area contributed by atoms with Gasteiger partial charge in [-0.05, 0) is 42.3 Å². The molecular weight excluding hydrogens is 416 g/mol. The number of carbonyl (C=O) groups is 3. The molecule has 0 aliphatic rings. The quantitative estimate of drug-likeness (QED) is 0.208. The van der Waals surface area contributed by atoms with Gasteiger partial charge >= 0.3 is 11.8 Å². The zero-order valence-electron chi connectivity index (χ0n) is 17.9. The van der Waals surface area contributed by atoms with Crippen LogP contribution in [0.4, 0.5) is 5.69 Å². The molecule has 0 radical (unpaired) electrons. The van der Waals surface area contributed by atoms with Crippen molar-refractivity contribution in [3.63, 3.8) is 0 Å². The maximum Gasteiger partial charge on any atom is 0.329 e. The van der Waals surface area contributed by atoms with E-state index in [1.807, 2.05) is 18.2 Å². The van der Waals surface area contributed by atoms with Crippen molar-refractivity contribution in [3.8, 4) is 11.5 Å². The third-order valence-electron chi connectivity index (χ3n) is 4.00. The van der Waals surface area contributed by atoms with Gasteiger partial charge in [-0.1, -0.05) is 18.2 Å². The number of rotatable bonds is 11. The van der Waals surface area contributed by atoms with Crippen LogP contribution in [0.1, 0.15) is 12.0 Å². The van der Waals surface area contributed by atoms with Crippen molar-refractivity contribution in [3.05, 3.63) is 54.1 Å². The van der Waals surface area contributed by atoms with Crippen LogP contribution in [0.25, 0.3) is 0 Å². The van der Waals surface area contributed by atoms with Gasteiger partial charge in [-0.3, -0.25) is 14.4 Å². The molecule has 0 aliphatic heterocycles. The molecule has 0 aromatic heterocycles. The molecule has 0 saturated carbocycles. The smallest absolute Gasteiger partial charge is 0.329 e. The maximum atomic E-state index is 12.0. The van der Waals surface area contributed by atoms with Gasteiger partial charge in [-0.25, -0.2) is 5.43 Å². The number of hydrazone groups is 1. The average molecular weight is 442 g/mol. The summed E-state index contributed by atoms with van der Waals surface area (Å²) < 4.78 is 15.7. The van der Waals surface area contributed by atoms with E-state index < -0.39 is 11.8 Å². The van der Waals surface area contributed by atoms with E-state index in [4.69, 9.17) is 14.2 Å². The van der Waals surface area contributed by atoms with Crippen molar-refractivity contribution in [2.45, 2.75) is 6.42 Å². The number of hydrogen-bond donors (Lipinski definition) is 3. The first-order valence-corrected chi connectivity index (χ1v) is 9.79. The highest BCUT2D eigenvalue weighted by Crippen LogP contribution is 2.27. The molecule has 32 heavy (non-hydrogen) atoms.